The molecule has 0 spiro atoms. The Balaban J connectivity index is 2.39. The summed E-state index contributed by atoms with van der Waals surface area (Å²) in [6.07, 6.45) is 11.7. The van der Waals surface area contributed by atoms with Gasteiger partial charge < -0.3 is 9.47 Å². The van der Waals surface area contributed by atoms with Gasteiger partial charge in [-0.15, -0.1) is 0 Å². The van der Waals surface area contributed by atoms with Crippen molar-refractivity contribution < 1.29 is 19.1 Å². The maximum Gasteiger partial charge on any atom is 0.305 e. The summed E-state index contributed by atoms with van der Waals surface area (Å²) in [6, 6.07) is 8.28. The first-order chi connectivity index (χ1) is 13.5. The number of thioether (sulfide) groups is 1. The molecular weight excluding hydrogens is 372 g/mol. The third kappa shape index (κ3) is 11.9. The number of aryl methyl sites for hydroxylation is 1. The molecule has 0 bridgehead atoms. The fourth-order valence-electron chi connectivity index (χ4n) is 2.74. The van der Waals surface area contributed by atoms with Crippen LogP contribution in [0.1, 0.15) is 64.4 Å². The molecule has 0 fully saturated rings. The van der Waals surface area contributed by atoms with Gasteiger partial charge in [0.25, 0.3) is 0 Å². The first-order valence-electron chi connectivity index (χ1n) is 10.2. The number of benzene rings is 1. The lowest BCUT2D eigenvalue weighted by Crippen LogP contribution is -2.15. The highest BCUT2D eigenvalue weighted by atomic mass is 32.2. The molecule has 4 nitrogen and oxygen atoms in total. The Kier molecular flexibility index (Phi) is 13.2. The van der Waals surface area contributed by atoms with Crippen LogP contribution in [0.3, 0.4) is 0 Å². The predicted octanol–water partition coefficient (Wildman–Crippen LogP) is 5.74. The molecule has 1 atom stereocenters. The summed E-state index contributed by atoms with van der Waals surface area (Å²) in [5, 5.41) is 0.178. The highest BCUT2D eigenvalue weighted by Crippen LogP contribution is 2.20. The van der Waals surface area contributed by atoms with Crippen molar-refractivity contribution in [3.05, 3.63) is 42.0 Å². The second-order valence-corrected chi connectivity index (χ2v) is 8.30. The molecule has 0 aliphatic rings. The lowest BCUT2D eigenvalue weighted by molar-refractivity contribution is -0.140. The Hall–Kier alpha value is -1.75. The molecule has 0 saturated carbocycles. The van der Waals surface area contributed by atoms with Crippen molar-refractivity contribution in [2.24, 2.45) is 0 Å². The Labute approximate surface area is 174 Å². The molecule has 0 N–H and O–H groups in total. The van der Waals surface area contributed by atoms with E-state index in [0.29, 0.717) is 13.0 Å². The second kappa shape index (κ2) is 15.2. The molecule has 156 valence electrons. The van der Waals surface area contributed by atoms with E-state index in [9.17, 15) is 9.59 Å². The summed E-state index contributed by atoms with van der Waals surface area (Å²) in [6.45, 7) is 4.29. The van der Waals surface area contributed by atoms with Gasteiger partial charge >= 0.3 is 5.97 Å². The Bertz CT molecular complexity index is 595. The molecule has 0 heterocycles. The molecule has 0 aromatic heterocycles. The van der Waals surface area contributed by atoms with Crippen molar-refractivity contribution >= 4 is 22.8 Å². The summed E-state index contributed by atoms with van der Waals surface area (Å²) in [7, 11) is 1.40. The smallest absolute Gasteiger partial charge is 0.305 e. The molecule has 1 aromatic carbocycles. The maximum absolute atomic E-state index is 11.5. The molecule has 5 heteroatoms. The van der Waals surface area contributed by atoms with Crippen LogP contribution in [-0.2, 0) is 20.7 Å². The number of carbonyl (C=O) groups excluding carboxylic acids is 2. The minimum atomic E-state index is -0.178. The van der Waals surface area contributed by atoms with Crippen molar-refractivity contribution in [1.29, 1.82) is 0 Å². The van der Waals surface area contributed by atoms with E-state index in [2.05, 4.69) is 35.9 Å². The van der Waals surface area contributed by atoms with E-state index in [0.717, 1.165) is 31.4 Å². The van der Waals surface area contributed by atoms with E-state index in [4.69, 9.17) is 4.74 Å². The van der Waals surface area contributed by atoms with E-state index in [1.807, 2.05) is 12.1 Å². The van der Waals surface area contributed by atoms with E-state index < -0.39 is 0 Å². The molecule has 0 aliphatic heterocycles. The molecule has 1 aromatic rings. The van der Waals surface area contributed by atoms with Crippen LogP contribution in [0, 0.1) is 0 Å². The average molecular weight is 407 g/mol. The van der Waals surface area contributed by atoms with Gasteiger partial charge in [0.1, 0.15) is 12.4 Å². The SMILES string of the molecule is CCCCCc1ccc(OCC(C/C=C\CCCC(=O)OC)SC(C)=O)cc1. The number of carbonyl (C=O) groups is 2. The Morgan fingerprint density at radius 3 is 2.50 bits per heavy atom. The monoisotopic (exact) mass is 406 g/mol. The highest BCUT2D eigenvalue weighted by Gasteiger charge is 2.12. The maximum atomic E-state index is 11.5. The number of methoxy groups -OCH3 is 1. The van der Waals surface area contributed by atoms with Crippen molar-refractivity contribution in [3.63, 3.8) is 0 Å². The summed E-state index contributed by atoms with van der Waals surface area (Å²) in [5.74, 6) is 0.665. The van der Waals surface area contributed by atoms with Crippen LogP contribution < -0.4 is 4.74 Å². The predicted molar refractivity (Wildman–Crippen MR) is 117 cm³/mol. The van der Waals surface area contributed by atoms with Gasteiger partial charge in [-0.1, -0.05) is 55.8 Å². The number of allylic oxidation sites excluding steroid dienone is 2. The van der Waals surface area contributed by atoms with Crippen LogP contribution in [0.5, 0.6) is 5.75 Å². The summed E-state index contributed by atoms with van der Waals surface area (Å²) >= 11 is 1.32. The zero-order chi connectivity index (χ0) is 20.6. The number of unbranched alkanes of at least 4 members (excludes halogenated alkanes) is 3. The molecule has 0 saturated heterocycles. The zero-order valence-electron chi connectivity index (χ0n) is 17.4. The summed E-state index contributed by atoms with van der Waals surface area (Å²) < 4.78 is 10.5. The van der Waals surface area contributed by atoms with Crippen LogP contribution in [0.15, 0.2) is 36.4 Å². The Morgan fingerprint density at radius 2 is 1.86 bits per heavy atom. The molecule has 0 aliphatic carbocycles. The van der Waals surface area contributed by atoms with Gasteiger partial charge in [0.15, 0.2) is 5.12 Å². The number of hydrogen-bond acceptors (Lipinski definition) is 5. The fraction of sp³-hybridized carbons (Fsp3) is 0.565. The lowest BCUT2D eigenvalue weighted by atomic mass is 10.1. The quantitative estimate of drug-likeness (QED) is 0.224. The van der Waals surface area contributed by atoms with E-state index >= 15 is 0 Å². The van der Waals surface area contributed by atoms with E-state index in [1.54, 1.807) is 6.92 Å². The van der Waals surface area contributed by atoms with Crippen LogP contribution in [-0.4, -0.2) is 30.1 Å². The van der Waals surface area contributed by atoms with Crippen LogP contribution in [0.2, 0.25) is 0 Å². The largest absolute Gasteiger partial charge is 0.492 e. The van der Waals surface area contributed by atoms with Crippen LogP contribution in [0.4, 0.5) is 0 Å². The second-order valence-electron chi connectivity index (χ2n) is 6.82. The minimum Gasteiger partial charge on any atom is -0.492 e. The van der Waals surface area contributed by atoms with E-state index in [-0.39, 0.29) is 16.3 Å². The number of ether oxygens (including phenoxy) is 2. The van der Waals surface area contributed by atoms with Gasteiger partial charge in [0.2, 0.25) is 0 Å². The van der Waals surface area contributed by atoms with Crippen molar-refractivity contribution in [2.45, 2.75) is 70.5 Å². The van der Waals surface area contributed by atoms with Gasteiger partial charge in [0.05, 0.1) is 7.11 Å². The zero-order valence-corrected chi connectivity index (χ0v) is 18.3. The molecular formula is C23H34O4S. The van der Waals surface area contributed by atoms with Gasteiger partial charge in [-0.05, 0) is 49.8 Å². The van der Waals surface area contributed by atoms with Gasteiger partial charge in [0, 0.05) is 18.6 Å². The fourth-order valence-corrected chi connectivity index (χ4v) is 3.55. The standard InChI is InChI=1S/C23H34O4S/c1-4-5-8-11-20-14-16-21(17-15-20)27-18-22(28-19(2)24)12-9-6-7-10-13-23(25)26-3/h6,9,14-17,22H,4-5,7-8,10-13,18H2,1-3H3/b9-6-. The first kappa shape index (κ1) is 24.3. The molecule has 0 radical (unpaired) electrons. The van der Waals surface area contributed by atoms with Crippen molar-refractivity contribution in [1.82, 2.24) is 0 Å². The highest BCUT2D eigenvalue weighted by molar-refractivity contribution is 8.14. The topological polar surface area (TPSA) is 52.6 Å². The normalized spacial score (nSPS) is 12.1. The molecule has 28 heavy (non-hydrogen) atoms. The number of rotatable bonds is 14. The molecule has 1 unspecified atom stereocenters. The third-order valence-corrected chi connectivity index (χ3v) is 5.30. The van der Waals surface area contributed by atoms with Gasteiger partial charge in [-0.2, -0.15) is 0 Å². The molecule has 0 amide bonds. The Morgan fingerprint density at radius 1 is 1.11 bits per heavy atom. The molecule has 1 rings (SSSR count). The van der Waals surface area contributed by atoms with E-state index in [1.165, 1.54) is 43.7 Å². The number of hydrogen-bond donors (Lipinski definition) is 0. The number of esters is 1. The first-order valence-corrected chi connectivity index (χ1v) is 11.0. The van der Waals surface area contributed by atoms with Crippen LogP contribution >= 0.6 is 11.8 Å². The van der Waals surface area contributed by atoms with Crippen molar-refractivity contribution in [3.8, 4) is 5.75 Å². The minimum absolute atomic E-state index is 0.0820. The third-order valence-electron chi connectivity index (χ3n) is 4.31. The lowest BCUT2D eigenvalue weighted by Gasteiger charge is -2.14. The summed E-state index contributed by atoms with van der Waals surface area (Å²) in [4.78, 5) is 22.6. The van der Waals surface area contributed by atoms with Crippen LogP contribution in [0.25, 0.3) is 0 Å². The van der Waals surface area contributed by atoms with Gasteiger partial charge in [-0.25, -0.2) is 0 Å². The van der Waals surface area contributed by atoms with Crippen molar-refractivity contribution in [2.75, 3.05) is 13.7 Å². The average Bonchev–Trinajstić information content (AvgIpc) is 2.69. The summed E-state index contributed by atoms with van der Waals surface area (Å²) in [5.41, 5.74) is 1.34. The van der Waals surface area contributed by atoms with Gasteiger partial charge in [-0.3, -0.25) is 9.59 Å².